The third-order valence-electron chi connectivity index (χ3n) is 5.94. The molecule has 0 radical (unpaired) electrons. The van der Waals surface area contributed by atoms with E-state index < -0.39 is 0 Å². The number of aromatic nitrogens is 2. The Labute approximate surface area is 180 Å². The smallest absolute Gasteiger partial charge is 0.263 e. The predicted octanol–water partition coefficient (Wildman–Crippen LogP) is 4.26. The summed E-state index contributed by atoms with van der Waals surface area (Å²) in [4.78, 5) is 35.0. The Balaban J connectivity index is 1.63. The second-order valence-corrected chi connectivity index (χ2v) is 10.2. The Morgan fingerprint density at radius 3 is 2.93 bits per heavy atom. The summed E-state index contributed by atoms with van der Waals surface area (Å²) in [6, 6.07) is 0. The van der Waals surface area contributed by atoms with Crippen molar-refractivity contribution in [1.29, 1.82) is 0 Å². The van der Waals surface area contributed by atoms with E-state index in [1.54, 1.807) is 22.0 Å². The van der Waals surface area contributed by atoms with Crippen molar-refractivity contribution in [2.24, 2.45) is 5.92 Å². The molecule has 7 heteroatoms. The maximum absolute atomic E-state index is 13.3. The van der Waals surface area contributed by atoms with Crippen molar-refractivity contribution in [3.05, 3.63) is 33.4 Å². The van der Waals surface area contributed by atoms with Crippen LogP contribution in [0.15, 0.2) is 22.6 Å². The molecule has 0 bridgehead atoms. The van der Waals surface area contributed by atoms with Crippen molar-refractivity contribution in [2.75, 3.05) is 18.8 Å². The zero-order chi connectivity index (χ0) is 20.4. The third kappa shape index (κ3) is 4.31. The molecular weight excluding hydrogens is 402 g/mol. The van der Waals surface area contributed by atoms with Crippen LogP contribution in [0.4, 0.5) is 0 Å². The molecule has 0 saturated carbocycles. The van der Waals surface area contributed by atoms with E-state index in [-0.39, 0.29) is 11.5 Å². The van der Waals surface area contributed by atoms with E-state index in [1.165, 1.54) is 41.5 Å². The minimum Gasteiger partial charge on any atom is -0.342 e. The van der Waals surface area contributed by atoms with Gasteiger partial charge < -0.3 is 4.90 Å². The summed E-state index contributed by atoms with van der Waals surface area (Å²) in [5.41, 5.74) is 1.24. The lowest BCUT2D eigenvalue weighted by molar-refractivity contribution is -0.130. The van der Waals surface area contributed by atoms with E-state index >= 15 is 0 Å². The van der Waals surface area contributed by atoms with E-state index in [0.717, 1.165) is 49.0 Å². The van der Waals surface area contributed by atoms with Crippen LogP contribution in [0.25, 0.3) is 10.2 Å². The van der Waals surface area contributed by atoms with E-state index in [1.807, 2.05) is 4.90 Å². The molecule has 0 spiro atoms. The first-order valence-electron chi connectivity index (χ1n) is 10.6. The van der Waals surface area contributed by atoms with Gasteiger partial charge in [0.2, 0.25) is 5.91 Å². The highest BCUT2D eigenvalue weighted by molar-refractivity contribution is 7.99. The van der Waals surface area contributed by atoms with Crippen molar-refractivity contribution in [1.82, 2.24) is 14.5 Å². The van der Waals surface area contributed by atoms with Gasteiger partial charge in [-0.05, 0) is 50.0 Å². The lowest BCUT2D eigenvalue weighted by atomic mass is 10.0. The molecule has 0 N–H and O–H groups in total. The Kier molecular flexibility index (Phi) is 6.44. The van der Waals surface area contributed by atoms with Gasteiger partial charge in [-0.25, -0.2) is 4.98 Å². The molecule has 1 atom stereocenters. The molecule has 1 unspecified atom stereocenters. The maximum Gasteiger partial charge on any atom is 0.263 e. The van der Waals surface area contributed by atoms with Gasteiger partial charge in [0.15, 0.2) is 5.16 Å². The van der Waals surface area contributed by atoms with Crippen molar-refractivity contribution in [2.45, 2.75) is 63.6 Å². The Morgan fingerprint density at radius 2 is 2.14 bits per heavy atom. The van der Waals surface area contributed by atoms with Crippen LogP contribution in [-0.2, 0) is 24.2 Å². The summed E-state index contributed by atoms with van der Waals surface area (Å²) in [6.07, 6.45) is 9.56. The highest BCUT2D eigenvalue weighted by Gasteiger charge is 2.24. The number of rotatable bonds is 5. The number of piperidine rings is 1. The molecule has 29 heavy (non-hydrogen) atoms. The van der Waals surface area contributed by atoms with Crippen molar-refractivity contribution in [3.8, 4) is 0 Å². The normalized spacial score (nSPS) is 19.8. The van der Waals surface area contributed by atoms with E-state index in [9.17, 15) is 9.59 Å². The molecule has 156 valence electrons. The van der Waals surface area contributed by atoms with Crippen LogP contribution in [-0.4, -0.2) is 39.2 Å². The molecule has 0 aromatic carbocycles. The predicted molar refractivity (Wildman–Crippen MR) is 121 cm³/mol. The van der Waals surface area contributed by atoms with Crippen LogP contribution < -0.4 is 5.56 Å². The number of amides is 1. The van der Waals surface area contributed by atoms with Gasteiger partial charge in [0.25, 0.3) is 5.56 Å². The van der Waals surface area contributed by atoms with Gasteiger partial charge in [0.05, 0.1) is 11.1 Å². The summed E-state index contributed by atoms with van der Waals surface area (Å²) < 4.78 is 1.70. The van der Waals surface area contributed by atoms with Gasteiger partial charge in [-0.1, -0.05) is 31.2 Å². The van der Waals surface area contributed by atoms with Gasteiger partial charge in [0, 0.05) is 24.5 Å². The average molecular weight is 432 g/mol. The fourth-order valence-corrected chi connectivity index (χ4v) is 6.64. The molecule has 1 amide bonds. The highest BCUT2D eigenvalue weighted by Crippen LogP contribution is 2.34. The number of hydrogen-bond donors (Lipinski definition) is 0. The minimum atomic E-state index is 0.0239. The molecule has 2 aromatic rings. The van der Waals surface area contributed by atoms with E-state index in [4.69, 9.17) is 4.98 Å². The molecule has 3 heterocycles. The van der Waals surface area contributed by atoms with Gasteiger partial charge in [-0.15, -0.1) is 17.9 Å². The molecule has 4 rings (SSSR count). The van der Waals surface area contributed by atoms with Crippen molar-refractivity contribution in [3.63, 3.8) is 0 Å². The van der Waals surface area contributed by atoms with Gasteiger partial charge >= 0.3 is 0 Å². The highest BCUT2D eigenvalue weighted by atomic mass is 32.2. The number of allylic oxidation sites excluding steroid dienone is 1. The van der Waals surface area contributed by atoms with Crippen LogP contribution in [0, 0.1) is 5.92 Å². The second kappa shape index (κ2) is 9.04. The minimum absolute atomic E-state index is 0.0239. The van der Waals surface area contributed by atoms with Gasteiger partial charge in [-0.3, -0.25) is 14.2 Å². The number of fused-ring (bicyclic) bond motifs is 3. The molecular formula is C22H29N3O2S2. The Morgan fingerprint density at radius 1 is 1.31 bits per heavy atom. The summed E-state index contributed by atoms with van der Waals surface area (Å²) in [5.74, 6) is 1.03. The molecule has 1 saturated heterocycles. The topological polar surface area (TPSA) is 55.2 Å². The van der Waals surface area contributed by atoms with Crippen molar-refractivity contribution >= 4 is 39.2 Å². The zero-order valence-electron chi connectivity index (χ0n) is 17.1. The van der Waals surface area contributed by atoms with Crippen molar-refractivity contribution < 1.29 is 4.79 Å². The number of carbonyl (C=O) groups is 1. The molecule has 2 aromatic heterocycles. The quantitative estimate of drug-likeness (QED) is 0.307. The van der Waals surface area contributed by atoms with Crippen LogP contribution in [0.1, 0.15) is 49.5 Å². The number of aryl methyl sites for hydroxylation is 2. The molecule has 1 fully saturated rings. The second-order valence-electron chi connectivity index (χ2n) is 8.22. The fourth-order valence-electron chi connectivity index (χ4n) is 4.43. The third-order valence-corrected chi connectivity index (χ3v) is 8.08. The fraction of sp³-hybridized carbons (Fsp3) is 0.591. The largest absolute Gasteiger partial charge is 0.342 e. The number of carbonyl (C=O) groups excluding carboxylic acids is 1. The summed E-state index contributed by atoms with van der Waals surface area (Å²) >= 11 is 3.06. The van der Waals surface area contributed by atoms with E-state index in [0.29, 0.717) is 23.4 Å². The lowest BCUT2D eigenvalue weighted by Crippen LogP contribution is -2.40. The van der Waals surface area contributed by atoms with Crippen LogP contribution in [0.2, 0.25) is 0 Å². The summed E-state index contributed by atoms with van der Waals surface area (Å²) in [7, 11) is 0. The summed E-state index contributed by atoms with van der Waals surface area (Å²) in [5, 5.41) is 1.44. The molecule has 2 aliphatic rings. The molecule has 1 aliphatic carbocycles. The van der Waals surface area contributed by atoms with Crippen LogP contribution >= 0.6 is 23.1 Å². The number of hydrogen-bond acceptors (Lipinski definition) is 5. The first-order valence-corrected chi connectivity index (χ1v) is 12.4. The number of likely N-dealkylation sites (tertiary alicyclic amines) is 1. The van der Waals surface area contributed by atoms with E-state index in [2.05, 4.69) is 13.5 Å². The van der Waals surface area contributed by atoms with Crippen LogP contribution in [0.5, 0.6) is 0 Å². The average Bonchev–Trinajstić information content (AvgIpc) is 2.89. The zero-order valence-corrected chi connectivity index (χ0v) is 18.7. The SMILES string of the molecule is C=CCn1c(SCC(=O)N2CCCC(C)C2)nc2sc3c(c2c1=O)CCCCC3. The number of thioether (sulfide) groups is 1. The summed E-state index contributed by atoms with van der Waals surface area (Å²) in [6.45, 7) is 8.11. The standard InChI is InChI=1S/C22H29N3O2S2/c1-3-11-25-21(27)19-16-9-5-4-6-10-17(16)29-20(19)23-22(25)28-14-18(26)24-12-7-8-15(2)13-24/h3,15H,1,4-14H2,2H3. The first kappa shape index (κ1) is 20.7. The Hall–Kier alpha value is -1.60. The monoisotopic (exact) mass is 431 g/mol. The number of nitrogens with zero attached hydrogens (tertiary/aromatic N) is 3. The molecule has 5 nitrogen and oxygen atoms in total. The Bertz CT molecular complexity index is 979. The maximum atomic E-state index is 13.3. The number of thiophene rings is 1. The molecule has 1 aliphatic heterocycles. The first-order chi connectivity index (χ1) is 14.1. The van der Waals surface area contributed by atoms with Gasteiger partial charge in [-0.2, -0.15) is 0 Å². The lowest BCUT2D eigenvalue weighted by Gasteiger charge is -2.30. The van der Waals surface area contributed by atoms with Crippen LogP contribution in [0.3, 0.4) is 0 Å². The van der Waals surface area contributed by atoms with Gasteiger partial charge in [0.1, 0.15) is 4.83 Å².